The normalized spacial score (nSPS) is 22.6. The van der Waals surface area contributed by atoms with Gasteiger partial charge in [-0.3, -0.25) is 14.9 Å². The number of nitro groups is 1. The van der Waals surface area contributed by atoms with Crippen molar-refractivity contribution in [2.24, 2.45) is 0 Å². The molecule has 2 atom stereocenters. The minimum Gasteiger partial charge on any atom is -0.388 e. The van der Waals surface area contributed by atoms with Crippen LogP contribution in [0, 0.1) is 13.7 Å². The Morgan fingerprint density at radius 2 is 1.95 bits per heavy atom. The summed E-state index contributed by atoms with van der Waals surface area (Å²) >= 11 is 1.92. The van der Waals surface area contributed by atoms with E-state index in [0.29, 0.717) is 3.57 Å². The summed E-state index contributed by atoms with van der Waals surface area (Å²) in [7, 11) is 0. The highest BCUT2D eigenvalue weighted by Crippen LogP contribution is 2.22. The zero-order valence-corrected chi connectivity index (χ0v) is 11.9. The first kappa shape index (κ1) is 14.2. The quantitative estimate of drug-likeness (QED) is 0.440. The van der Waals surface area contributed by atoms with E-state index >= 15 is 0 Å². The molecule has 0 bridgehead atoms. The van der Waals surface area contributed by atoms with E-state index in [9.17, 15) is 25.1 Å². The van der Waals surface area contributed by atoms with Crippen molar-refractivity contribution in [3.8, 4) is 0 Å². The van der Waals surface area contributed by atoms with Crippen molar-refractivity contribution in [1.29, 1.82) is 0 Å². The second-order valence-electron chi connectivity index (χ2n) is 4.27. The predicted molar refractivity (Wildman–Crippen MR) is 73.7 cm³/mol. The summed E-state index contributed by atoms with van der Waals surface area (Å²) in [5.41, 5.74) is 0.0418. The molecule has 0 spiro atoms. The number of hydrogen-bond donors (Lipinski definition) is 2. The number of aliphatic hydroxyl groups is 2. The molecular weight excluding hydrogens is 367 g/mol. The average molecular weight is 378 g/mol. The van der Waals surface area contributed by atoms with Crippen LogP contribution in [0.5, 0.6) is 0 Å². The number of aliphatic hydroxyl groups excluding tert-OH is 2. The molecule has 1 aromatic carbocycles. The molecule has 0 aliphatic carbocycles. The van der Waals surface area contributed by atoms with E-state index in [1.165, 1.54) is 23.1 Å². The molecule has 1 saturated heterocycles. The van der Waals surface area contributed by atoms with Gasteiger partial charge in [0.15, 0.2) is 0 Å². The first-order chi connectivity index (χ1) is 8.90. The Hall–Kier alpha value is -1.26. The van der Waals surface area contributed by atoms with Crippen LogP contribution in [0.1, 0.15) is 10.4 Å². The summed E-state index contributed by atoms with van der Waals surface area (Å²) in [5, 5.41) is 29.6. The number of likely N-dealkylation sites (tertiary alicyclic amines) is 1. The third kappa shape index (κ3) is 2.85. The molecular formula is C11H11IN2O5. The van der Waals surface area contributed by atoms with Gasteiger partial charge in [0.1, 0.15) is 0 Å². The lowest BCUT2D eigenvalue weighted by molar-refractivity contribution is -0.384. The number of nitrogens with zero attached hydrogens (tertiary/aromatic N) is 2. The Labute approximate surface area is 122 Å². The number of non-ortho nitro benzene ring substituents is 1. The molecule has 2 rings (SSSR count). The predicted octanol–water partition coefficient (Wildman–Crippen LogP) is 0.377. The molecule has 1 aromatic rings. The average Bonchev–Trinajstić information content (AvgIpc) is 2.69. The molecule has 7 nitrogen and oxygen atoms in total. The summed E-state index contributed by atoms with van der Waals surface area (Å²) in [6, 6.07) is 4.03. The molecule has 0 unspecified atom stereocenters. The maximum atomic E-state index is 12.2. The number of β-amino-alcohol motifs (C(OH)–C–C–N with tert-alkyl or cyclic N) is 2. The maximum Gasteiger partial charge on any atom is 0.270 e. The van der Waals surface area contributed by atoms with Gasteiger partial charge in [0, 0.05) is 28.8 Å². The van der Waals surface area contributed by atoms with E-state index < -0.39 is 23.0 Å². The molecule has 0 radical (unpaired) electrons. The number of nitro benzene ring substituents is 1. The monoisotopic (exact) mass is 378 g/mol. The minimum absolute atomic E-state index is 0.0266. The molecule has 8 heteroatoms. The first-order valence-corrected chi connectivity index (χ1v) is 6.57. The van der Waals surface area contributed by atoms with Crippen molar-refractivity contribution in [3.63, 3.8) is 0 Å². The molecule has 1 fully saturated rings. The lowest BCUT2D eigenvalue weighted by atomic mass is 10.2. The van der Waals surface area contributed by atoms with Gasteiger partial charge in [0.2, 0.25) is 0 Å². The Bertz CT molecular complexity index is 526. The van der Waals surface area contributed by atoms with Gasteiger partial charge < -0.3 is 15.1 Å². The van der Waals surface area contributed by atoms with Gasteiger partial charge in [-0.1, -0.05) is 0 Å². The van der Waals surface area contributed by atoms with Gasteiger partial charge in [-0.25, -0.2) is 0 Å². The van der Waals surface area contributed by atoms with Crippen LogP contribution in [0.2, 0.25) is 0 Å². The van der Waals surface area contributed by atoms with E-state index in [-0.39, 0.29) is 24.3 Å². The van der Waals surface area contributed by atoms with Crippen LogP contribution in [0.15, 0.2) is 18.2 Å². The van der Waals surface area contributed by atoms with Gasteiger partial charge in [-0.05, 0) is 28.7 Å². The van der Waals surface area contributed by atoms with E-state index in [0.717, 1.165) is 0 Å². The number of hydrogen-bond acceptors (Lipinski definition) is 5. The van der Waals surface area contributed by atoms with Crippen LogP contribution in [0.3, 0.4) is 0 Å². The van der Waals surface area contributed by atoms with Crippen molar-refractivity contribution in [1.82, 2.24) is 4.90 Å². The number of rotatable bonds is 2. The van der Waals surface area contributed by atoms with Crippen molar-refractivity contribution in [3.05, 3.63) is 37.4 Å². The van der Waals surface area contributed by atoms with Gasteiger partial charge >= 0.3 is 0 Å². The fraction of sp³-hybridized carbons (Fsp3) is 0.364. The zero-order valence-electron chi connectivity index (χ0n) is 9.69. The lowest BCUT2D eigenvalue weighted by Gasteiger charge is -2.16. The SMILES string of the molecule is O=C(c1cc([N+](=O)[O-])ccc1I)N1C[C@@H](O)[C@@H](O)C1. The molecule has 1 amide bonds. The summed E-state index contributed by atoms with van der Waals surface area (Å²) in [4.78, 5) is 23.6. The smallest absolute Gasteiger partial charge is 0.270 e. The number of carbonyl (C=O) groups is 1. The van der Waals surface area contributed by atoms with Gasteiger partial charge in [0.05, 0.1) is 22.7 Å². The maximum absolute atomic E-state index is 12.2. The highest BCUT2D eigenvalue weighted by Gasteiger charge is 2.33. The number of carbonyl (C=O) groups excluding carboxylic acids is 1. The van der Waals surface area contributed by atoms with Gasteiger partial charge in [-0.15, -0.1) is 0 Å². The van der Waals surface area contributed by atoms with Crippen molar-refractivity contribution >= 4 is 34.2 Å². The second-order valence-corrected chi connectivity index (χ2v) is 5.43. The summed E-state index contributed by atoms with van der Waals surface area (Å²) in [5.74, 6) is -0.427. The summed E-state index contributed by atoms with van der Waals surface area (Å²) in [6.07, 6.45) is -1.94. The summed E-state index contributed by atoms with van der Waals surface area (Å²) < 4.78 is 0.587. The second kappa shape index (κ2) is 5.39. The zero-order chi connectivity index (χ0) is 14.2. The highest BCUT2D eigenvalue weighted by molar-refractivity contribution is 14.1. The molecule has 2 N–H and O–H groups in total. The standard InChI is InChI=1S/C11H11IN2O5/c12-8-2-1-6(14(18)19)3-7(8)11(17)13-4-9(15)10(16)5-13/h1-3,9-10,15-16H,4-5H2/t9-,10+. The van der Waals surface area contributed by atoms with Crippen LogP contribution in [0.4, 0.5) is 5.69 Å². The van der Waals surface area contributed by atoms with Crippen molar-refractivity contribution in [2.75, 3.05) is 13.1 Å². The van der Waals surface area contributed by atoms with Crippen LogP contribution in [-0.2, 0) is 0 Å². The minimum atomic E-state index is -0.972. The Morgan fingerprint density at radius 3 is 2.47 bits per heavy atom. The van der Waals surface area contributed by atoms with Crippen LogP contribution < -0.4 is 0 Å². The fourth-order valence-corrected chi connectivity index (χ4v) is 2.46. The molecule has 0 saturated carbocycles. The van der Waals surface area contributed by atoms with Crippen LogP contribution in [-0.4, -0.2) is 51.2 Å². The van der Waals surface area contributed by atoms with Gasteiger partial charge in [-0.2, -0.15) is 0 Å². The fourth-order valence-electron chi connectivity index (χ4n) is 1.90. The number of halogens is 1. The lowest BCUT2D eigenvalue weighted by Crippen LogP contribution is -2.30. The van der Waals surface area contributed by atoms with Crippen LogP contribution >= 0.6 is 22.6 Å². The Kier molecular flexibility index (Phi) is 4.02. The first-order valence-electron chi connectivity index (χ1n) is 5.49. The van der Waals surface area contributed by atoms with Crippen LogP contribution in [0.25, 0.3) is 0 Å². The summed E-state index contributed by atoms with van der Waals surface area (Å²) in [6.45, 7) is 0.0531. The number of benzene rings is 1. The number of amides is 1. The molecule has 102 valence electrons. The van der Waals surface area contributed by atoms with E-state index in [1.807, 2.05) is 22.6 Å². The largest absolute Gasteiger partial charge is 0.388 e. The van der Waals surface area contributed by atoms with Crippen molar-refractivity contribution in [2.45, 2.75) is 12.2 Å². The molecule has 1 aliphatic heterocycles. The molecule has 19 heavy (non-hydrogen) atoms. The Balaban J connectivity index is 2.29. The van der Waals surface area contributed by atoms with Crippen molar-refractivity contribution < 1.29 is 19.9 Å². The van der Waals surface area contributed by atoms with Gasteiger partial charge in [0.25, 0.3) is 11.6 Å². The third-order valence-corrected chi connectivity index (χ3v) is 3.88. The van der Waals surface area contributed by atoms with E-state index in [1.54, 1.807) is 0 Å². The van der Waals surface area contributed by atoms with E-state index in [2.05, 4.69) is 0 Å². The van der Waals surface area contributed by atoms with E-state index in [4.69, 9.17) is 0 Å². The molecule has 1 heterocycles. The highest BCUT2D eigenvalue weighted by atomic mass is 127. The topological polar surface area (TPSA) is 104 Å². The molecule has 1 aliphatic rings. The third-order valence-electron chi connectivity index (χ3n) is 2.94. The molecule has 0 aromatic heterocycles. The Morgan fingerprint density at radius 1 is 1.37 bits per heavy atom.